The van der Waals surface area contributed by atoms with Gasteiger partial charge in [-0.25, -0.2) is 4.98 Å². The van der Waals surface area contributed by atoms with E-state index in [9.17, 15) is 19.2 Å². The first kappa shape index (κ1) is 33.1. The lowest BCUT2D eigenvalue weighted by molar-refractivity contribution is -0.140. The fourth-order valence-electron chi connectivity index (χ4n) is 7.11. The van der Waals surface area contributed by atoms with E-state index in [1.165, 1.54) is 6.20 Å². The fourth-order valence-corrected chi connectivity index (χ4v) is 7.28. The highest BCUT2D eigenvalue weighted by molar-refractivity contribution is 6.31. The van der Waals surface area contributed by atoms with E-state index in [1.54, 1.807) is 36.0 Å². The summed E-state index contributed by atoms with van der Waals surface area (Å²) in [5.74, 6) is -1.85. The SMILES string of the molecule is CNC(=O)[C@H](CCCc1ccccc1)NC(=O)C1CN(C(=O)Cc2c[nH]c3cc(Cl)ccc23)CC2CN(C(=O)c3cncc(C)n3)CC21. The molecular formula is C36H40ClN7O4. The number of likely N-dealkylation sites (tertiary alicyclic amines) is 2. The van der Waals surface area contributed by atoms with E-state index in [0.29, 0.717) is 43.2 Å². The van der Waals surface area contributed by atoms with Crippen LogP contribution >= 0.6 is 11.6 Å². The minimum atomic E-state index is -0.726. The van der Waals surface area contributed by atoms with E-state index in [0.717, 1.165) is 28.5 Å². The molecule has 2 aromatic heterocycles. The smallest absolute Gasteiger partial charge is 0.274 e. The summed E-state index contributed by atoms with van der Waals surface area (Å²) in [4.78, 5) is 69.6. The average molecular weight is 670 g/mol. The maximum atomic E-state index is 14.1. The summed E-state index contributed by atoms with van der Waals surface area (Å²) in [6.07, 6.45) is 6.96. The molecule has 4 aromatic rings. The topological polar surface area (TPSA) is 140 Å². The largest absolute Gasteiger partial charge is 0.361 e. The number of fused-ring (bicyclic) bond motifs is 2. The number of benzene rings is 2. The molecule has 2 saturated heterocycles. The Balaban J connectivity index is 1.21. The van der Waals surface area contributed by atoms with E-state index in [1.807, 2.05) is 48.7 Å². The Morgan fingerprint density at radius 3 is 2.58 bits per heavy atom. The second-order valence-corrected chi connectivity index (χ2v) is 13.3. The van der Waals surface area contributed by atoms with Gasteiger partial charge in [-0.15, -0.1) is 0 Å². The van der Waals surface area contributed by atoms with Crippen LogP contribution in [0.1, 0.15) is 40.2 Å². The second kappa shape index (κ2) is 14.6. The molecule has 0 aliphatic carbocycles. The third kappa shape index (κ3) is 7.36. The van der Waals surface area contributed by atoms with Crippen molar-refractivity contribution < 1.29 is 19.2 Å². The molecule has 48 heavy (non-hydrogen) atoms. The summed E-state index contributed by atoms with van der Waals surface area (Å²) in [7, 11) is 1.56. The van der Waals surface area contributed by atoms with Crippen LogP contribution in [0.5, 0.6) is 0 Å². The van der Waals surface area contributed by atoms with Crippen LogP contribution in [0.25, 0.3) is 10.9 Å². The van der Waals surface area contributed by atoms with Crippen molar-refractivity contribution in [3.8, 4) is 0 Å². The molecule has 3 unspecified atom stereocenters. The lowest BCUT2D eigenvalue weighted by atomic mass is 9.79. The lowest BCUT2D eigenvalue weighted by Gasteiger charge is -2.40. The Hall–Kier alpha value is -4.77. The van der Waals surface area contributed by atoms with Crippen molar-refractivity contribution in [2.75, 3.05) is 33.2 Å². The van der Waals surface area contributed by atoms with Gasteiger partial charge in [0, 0.05) is 61.5 Å². The Morgan fingerprint density at radius 1 is 1.02 bits per heavy atom. The van der Waals surface area contributed by atoms with Crippen LogP contribution in [0, 0.1) is 24.7 Å². The third-order valence-electron chi connectivity index (χ3n) is 9.58. The molecule has 4 amide bonds. The molecule has 2 aliphatic heterocycles. The number of piperidine rings is 1. The number of halogens is 1. The predicted molar refractivity (Wildman–Crippen MR) is 182 cm³/mol. The Kier molecular flexibility index (Phi) is 10.0. The monoisotopic (exact) mass is 669 g/mol. The molecule has 2 fully saturated rings. The molecule has 4 atom stereocenters. The zero-order valence-corrected chi connectivity index (χ0v) is 27.9. The molecule has 12 heteroatoms. The maximum absolute atomic E-state index is 14.1. The van der Waals surface area contributed by atoms with E-state index < -0.39 is 12.0 Å². The van der Waals surface area contributed by atoms with Crippen LogP contribution < -0.4 is 10.6 Å². The van der Waals surface area contributed by atoms with Crippen molar-refractivity contribution in [3.05, 3.63) is 94.7 Å². The van der Waals surface area contributed by atoms with Crippen LogP contribution in [0.2, 0.25) is 5.02 Å². The van der Waals surface area contributed by atoms with Gasteiger partial charge in [-0.3, -0.25) is 24.2 Å². The summed E-state index contributed by atoms with van der Waals surface area (Å²) in [6, 6.07) is 14.8. The molecule has 0 saturated carbocycles. The Bertz CT molecular complexity index is 1810. The van der Waals surface area contributed by atoms with Gasteiger partial charge in [0.05, 0.1) is 24.2 Å². The van der Waals surface area contributed by atoms with Crippen molar-refractivity contribution in [2.45, 2.75) is 38.6 Å². The van der Waals surface area contributed by atoms with Gasteiger partial charge in [-0.05, 0) is 61.3 Å². The summed E-state index contributed by atoms with van der Waals surface area (Å²) in [6.45, 7) is 3.12. The van der Waals surface area contributed by atoms with Gasteiger partial charge in [-0.1, -0.05) is 48.0 Å². The summed E-state index contributed by atoms with van der Waals surface area (Å²) >= 11 is 6.16. The number of amides is 4. The molecule has 6 rings (SSSR count). The highest BCUT2D eigenvalue weighted by Crippen LogP contribution is 2.37. The number of aromatic nitrogens is 3. The number of aryl methyl sites for hydroxylation is 2. The maximum Gasteiger partial charge on any atom is 0.274 e. The zero-order valence-electron chi connectivity index (χ0n) is 27.1. The van der Waals surface area contributed by atoms with Crippen molar-refractivity contribution in [2.24, 2.45) is 17.8 Å². The minimum absolute atomic E-state index is 0.109. The van der Waals surface area contributed by atoms with Crippen LogP contribution in [0.3, 0.4) is 0 Å². The summed E-state index contributed by atoms with van der Waals surface area (Å²) in [5, 5.41) is 7.23. The minimum Gasteiger partial charge on any atom is -0.361 e. The van der Waals surface area contributed by atoms with E-state index in [4.69, 9.17) is 11.6 Å². The van der Waals surface area contributed by atoms with Gasteiger partial charge in [0.25, 0.3) is 5.91 Å². The molecule has 4 heterocycles. The molecule has 2 aromatic carbocycles. The van der Waals surface area contributed by atoms with Crippen LogP contribution in [-0.2, 0) is 27.2 Å². The number of hydrogen-bond donors (Lipinski definition) is 3. The van der Waals surface area contributed by atoms with Crippen LogP contribution in [0.15, 0.2) is 67.1 Å². The Labute approximate surface area is 284 Å². The highest BCUT2D eigenvalue weighted by Gasteiger charge is 2.48. The number of rotatable bonds is 10. The summed E-state index contributed by atoms with van der Waals surface area (Å²) in [5.41, 5.74) is 3.74. The van der Waals surface area contributed by atoms with E-state index in [-0.39, 0.29) is 54.1 Å². The molecule has 0 radical (unpaired) electrons. The molecule has 250 valence electrons. The van der Waals surface area contributed by atoms with Gasteiger partial charge >= 0.3 is 0 Å². The second-order valence-electron chi connectivity index (χ2n) is 12.8. The fraction of sp³-hybridized carbons (Fsp3) is 0.389. The number of nitrogens with zero attached hydrogens (tertiary/aromatic N) is 4. The molecule has 0 spiro atoms. The molecule has 3 N–H and O–H groups in total. The summed E-state index contributed by atoms with van der Waals surface area (Å²) < 4.78 is 0. The number of aromatic amines is 1. The first-order chi connectivity index (χ1) is 23.2. The lowest BCUT2D eigenvalue weighted by Crippen LogP contribution is -2.56. The van der Waals surface area contributed by atoms with Crippen molar-refractivity contribution in [1.82, 2.24) is 35.4 Å². The highest BCUT2D eigenvalue weighted by atomic mass is 35.5. The van der Waals surface area contributed by atoms with Crippen molar-refractivity contribution in [1.29, 1.82) is 0 Å². The quantitative estimate of drug-likeness (QED) is 0.236. The molecule has 2 aliphatic rings. The van der Waals surface area contributed by atoms with E-state index >= 15 is 0 Å². The number of carbonyl (C=O) groups is 4. The first-order valence-corrected chi connectivity index (χ1v) is 16.7. The molecule has 0 bridgehead atoms. The third-order valence-corrected chi connectivity index (χ3v) is 9.82. The number of hydrogen-bond acceptors (Lipinski definition) is 6. The van der Waals surface area contributed by atoms with Gasteiger partial charge in [0.15, 0.2) is 0 Å². The molecular weight excluding hydrogens is 630 g/mol. The number of H-pyrrole nitrogens is 1. The van der Waals surface area contributed by atoms with Gasteiger partial charge in [0.1, 0.15) is 11.7 Å². The van der Waals surface area contributed by atoms with Crippen LogP contribution in [-0.4, -0.2) is 87.6 Å². The van der Waals surface area contributed by atoms with Gasteiger partial charge < -0.3 is 25.4 Å². The van der Waals surface area contributed by atoms with Crippen molar-refractivity contribution >= 4 is 46.1 Å². The van der Waals surface area contributed by atoms with E-state index in [2.05, 4.69) is 25.6 Å². The zero-order chi connectivity index (χ0) is 33.8. The van der Waals surface area contributed by atoms with Crippen LogP contribution in [0.4, 0.5) is 0 Å². The standard InChI is InChI=1S/C36H40ClN7O4/c1-22-15-39-17-32(41-22)36(48)44-19-25-18-43(33(45)13-24-16-40-31-14-26(37)11-12-27(24)31)21-29(28(25)20-44)34(46)42-30(35(47)38-2)10-6-9-23-7-4-3-5-8-23/h3-5,7-8,11-12,14-17,25,28-30,40H,6,9-10,13,18-21H2,1-2H3,(H,38,47)(H,42,46)/t25?,28?,29?,30-/m0/s1. The van der Waals surface area contributed by atoms with Gasteiger partial charge in [0.2, 0.25) is 17.7 Å². The first-order valence-electron chi connectivity index (χ1n) is 16.4. The van der Waals surface area contributed by atoms with Crippen molar-refractivity contribution in [3.63, 3.8) is 0 Å². The normalized spacial score (nSPS) is 19.5. The van der Waals surface area contributed by atoms with Gasteiger partial charge in [-0.2, -0.15) is 0 Å². The number of carbonyl (C=O) groups excluding carboxylic acids is 4. The predicted octanol–water partition coefficient (Wildman–Crippen LogP) is 3.56. The molecule has 11 nitrogen and oxygen atoms in total. The Morgan fingerprint density at radius 2 is 1.81 bits per heavy atom. The average Bonchev–Trinajstić information content (AvgIpc) is 3.70. The number of likely N-dealkylation sites (N-methyl/N-ethyl adjacent to an activating group) is 1. The number of nitrogens with one attached hydrogen (secondary N) is 3.